The van der Waals surface area contributed by atoms with Gasteiger partial charge in [0.25, 0.3) is 5.91 Å². The van der Waals surface area contributed by atoms with E-state index in [1.165, 1.54) is 28.5 Å². The summed E-state index contributed by atoms with van der Waals surface area (Å²) in [4.78, 5) is 12.5. The number of aromatic nitrogens is 2. The van der Waals surface area contributed by atoms with Gasteiger partial charge in [-0.2, -0.15) is 5.26 Å². The summed E-state index contributed by atoms with van der Waals surface area (Å²) in [7, 11) is 1.55. The molecule has 3 aromatic rings. The third-order valence-electron chi connectivity index (χ3n) is 4.53. The van der Waals surface area contributed by atoms with Crippen molar-refractivity contribution in [2.45, 2.75) is 33.8 Å². The molecule has 32 heavy (non-hydrogen) atoms. The fourth-order valence-electron chi connectivity index (χ4n) is 3.13. The first kappa shape index (κ1) is 23.0. The number of ether oxygens (including phenoxy) is 2. The van der Waals surface area contributed by atoms with Crippen molar-refractivity contribution in [2.75, 3.05) is 12.4 Å². The number of nitriles is 1. The van der Waals surface area contributed by atoms with Crippen LogP contribution in [0.1, 0.15) is 34.2 Å². The quantitative estimate of drug-likeness (QED) is 0.391. The van der Waals surface area contributed by atoms with Crippen LogP contribution in [0.3, 0.4) is 0 Å². The van der Waals surface area contributed by atoms with Crippen molar-refractivity contribution in [1.29, 1.82) is 5.26 Å². The molecule has 1 N–H and O–H groups in total. The smallest absolute Gasteiger partial charge is 0.268 e. The molecule has 7 nitrogen and oxygen atoms in total. The third-order valence-corrected chi connectivity index (χ3v) is 5.51. The van der Waals surface area contributed by atoms with Gasteiger partial charge in [0.2, 0.25) is 5.13 Å². The van der Waals surface area contributed by atoms with Crippen molar-refractivity contribution >= 4 is 28.5 Å². The van der Waals surface area contributed by atoms with E-state index >= 15 is 0 Å². The molecule has 2 aromatic carbocycles. The van der Waals surface area contributed by atoms with Crippen LogP contribution in [0.5, 0.6) is 11.5 Å². The second-order valence-corrected chi connectivity index (χ2v) is 8.24. The van der Waals surface area contributed by atoms with E-state index in [9.17, 15) is 10.1 Å². The van der Waals surface area contributed by atoms with Gasteiger partial charge in [0.15, 0.2) is 11.5 Å². The number of nitrogens with one attached hydrogen (secondary N) is 1. The molecular weight excluding hydrogens is 424 g/mol. The average Bonchev–Trinajstić information content (AvgIpc) is 3.23. The summed E-state index contributed by atoms with van der Waals surface area (Å²) < 4.78 is 11.4. The Morgan fingerprint density at radius 3 is 2.53 bits per heavy atom. The Kier molecular flexibility index (Phi) is 7.58. The molecule has 0 saturated heterocycles. The number of anilines is 1. The van der Waals surface area contributed by atoms with Gasteiger partial charge >= 0.3 is 0 Å². The van der Waals surface area contributed by atoms with E-state index < -0.39 is 5.91 Å². The van der Waals surface area contributed by atoms with Gasteiger partial charge in [-0.3, -0.25) is 10.1 Å². The van der Waals surface area contributed by atoms with Crippen LogP contribution in [0.25, 0.3) is 6.08 Å². The number of carbonyl (C=O) groups is 1. The maximum atomic E-state index is 12.5. The lowest BCUT2D eigenvalue weighted by Crippen LogP contribution is -2.13. The Hall–Kier alpha value is -3.70. The molecule has 164 valence electrons. The van der Waals surface area contributed by atoms with E-state index in [-0.39, 0.29) is 5.57 Å². The molecule has 0 atom stereocenters. The van der Waals surface area contributed by atoms with E-state index in [2.05, 4.69) is 47.6 Å². The molecule has 8 heteroatoms. The first-order valence-corrected chi connectivity index (χ1v) is 10.9. The van der Waals surface area contributed by atoms with Gasteiger partial charge in [-0.25, -0.2) is 0 Å². The zero-order chi connectivity index (χ0) is 23.1. The Morgan fingerprint density at radius 1 is 1.16 bits per heavy atom. The van der Waals surface area contributed by atoms with Gasteiger partial charge in [0.05, 0.1) is 7.11 Å². The minimum Gasteiger partial charge on any atom is -0.493 e. The lowest BCUT2D eigenvalue weighted by atomic mass is 10.1. The van der Waals surface area contributed by atoms with Crippen LogP contribution in [0.2, 0.25) is 0 Å². The number of hydrogen-bond acceptors (Lipinski definition) is 7. The van der Waals surface area contributed by atoms with E-state index in [4.69, 9.17) is 9.47 Å². The summed E-state index contributed by atoms with van der Waals surface area (Å²) in [6.45, 7) is 6.46. The van der Waals surface area contributed by atoms with E-state index in [1.807, 2.05) is 13.0 Å². The van der Waals surface area contributed by atoms with Crippen molar-refractivity contribution in [2.24, 2.45) is 0 Å². The molecule has 0 bridgehead atoms. The predicted molar refractivity (Wildman–Crippen MR) is 125 cm³/mol. The summed E-state index contributed by atoms with van der Waals surface area (Å²) in [5.41, 5.74) is 4.01. The normalized spacial score (nSPS) is 11.0. The minimum absolute atomic E-state index is 0.0517. The summed E-state index contributed by atoms with van der Waals surface area (Å²) in [6.07, 6.45) is 2.22. The maximum Gasteiger partial charge on any atom is 0.268 e. The van der Waals surface area contributed by atoms with Crippen LogP contribution in [0.4, 0.5) is 5.13 Å². The molecule has 0 radical (unpaired) electrons. The summed E-state index contributed by atoms with van der Waals surface area (Å²) in [6, 6.07) is 13.5. The number of hydrogen-bond donors (Lipinski definition) is 1. The van der Waals surface area contributed by atoms with Gasteiger partial charge in [-0.15, -0.1) is 10.2 Å². The van der Waals surface area contributed by atoms with E-state index in [0.29, 0.717) is 28.8 Å². The predicted octanol–water partition coefficient (Wildman–Crippen LogP) is 4.85. The number of benzene rings is 2. The third kappa shape index (κ3) is 5.93. The number of methoxy groups -OCH3 is 1. The van der Waals surface area contributed by atoms with Crippen LogP contribution in [0.15, 0.2) is 42.0 Å². The Morgan fingerprint density at radius 2 is 1.91 bits per heavy atom. The van der Waals surface area contributed by atoms with Crippen LogP contribution < -0.4 is 14.8 Å². The standard InChI is InChI=1S/C24H24N4O3S/c1-5-22-27-28-24(32-22)26-23(29)19(13-25)11-17-6-7-20(21(12-17)30-4)31-14-18-9-15(2)8-16(3)10-18/h6-12H,5,14H2,1-4H3,(H,26,28,29). The lowest BCUT2D eigenvalue weighted by molar-refractivity contribution is -0.112. The van der Waals surface area contributed by atoms with Crippen molar-refractivity contribution in [3.05, 3.63) is 69.2 Å². The zero-order valence-corrected chi connectivity index (χ0v) is 19.2. The highest BCUT2D eigenvalue weighted by molar-refractivity contribution is 7.15. The fraction of sp³-hybridized carbons (Fsp3) is 0.250. The van der Waals surface area contributed by atoms with Gasteiger partial charge in [-0.05, 0) is 49.6 Å². The van der Waals surface area contributed by atoms with Gasteiger partial charge in [0.1, 0.15) is 23.3 Å². The minimum atomic E-state index is -0.541. The molecule has 0 aliphatic heterocycles. The SMILES string of the molecule is CCc1nnc(NC(=O)C(C#N)=Cc2ccc(OCc3cc(C)cc(C)c3)c(OC)c2)s1. The molecule has 1 heterocycles. The Labute approximate surface area is 191 Å². The van der Waals surface area contributed by atoms with E-state index in [0.717, 1.165) is 17.0 Å². The van der Waals surface area contributed by atoms with Crippen molar-refractivity contribution in [3.8, 4) is 17.6 Å². The number of nitrogens with zero attached hydrogens (tertiary/aromatic N) is 3. The fourth-order valence-corrected chi connectivity index (χ4v) is 3.81. The van der Waals surface area contributed by atoms with Crippen LogP contribution in [-0.2, 0) is 17.8 Å². The molecule has 0 aliphatic rings. The summed E-state index contributed by atoms with van der Waals surface area (Å²) in [5.74, 6) is 0.547. The Balaban J connectivity index is 1.74. The molecule has 1 aromatic heterocycles. The van der Waals surface area contributed by atoms with Gasteiger partial charge < -0.3 is 9.47 Å². The Bertz CT molecular complexity index is 1170. The highest BCUT2D eigenvalue weighted by Gasteiger charge is 2.13. The number of carbonyl (C=O) groups excluding carboxylic acids is 1. The van der Waals surface area contributed by atoms with Crippen molar-refractivity contribution in [1.82, 2.24) is 10.2 Å². The summed E-state index contributed by atoms with van der Waals surface area (Å²) >= 11 is 1.28. The maximum absolute atomic E-state index is 12.5. The number of amides is 1. The first-order valence-electron chi connectivity index (χ1n) is 10.1. The van der Waals surface area contributed by atoms with Gasteiger partial charge in [-0.1, -0.05) is 53.7 Å². The molecule has 1 amide bonds. The highest BCUT2D eigenvalue weighted by atomic mass is 32.1. The first-order chi connectivity index (χ1) is 15.4. The monoisotopic (exact) mass is 448 g/mol. The zero-order valence-electron chi connectivity index (χ0n) is 18.4. The van der Waals surface area contributed by atoms with Gasteiger partial charge in [0, 0.05) is 0 Å². The summed E-state index contributed by atoms with van der Waals surface area (Å²) in [5, 5.41) is 21.1. The molecular formula is C24H24N4O3S. The van der Waals surface area contributed by atoms with Crippen LogP contribution >= 0.6 is 11.3 Å². The second kappa shape index (κ2) is 10.6. The number of aryl methyl sites for hydroxylation is 3. The van der Waals surface area contributed by atoms with Crippen molar-refractivity contribution in [3.63, 3.8) is 0 Å². The topological polar surface area (TPSA) is 97.1 Å². The molecule has 0 fully saturated rings. The molecule has 0 saturated carbocycles. The molecule has 0 spiro atoms. The van der Waals surface area contributed by atoms with E-state index in [1.54, 1.807) is 25.3 Å². The largest absolute Gasteiger partial charge is 0.493 e. The average molecular weight is 449 g/mol. The second-order valence-electron chi connectivity index (χ2n) is 7.17. The number of rotatable bonds is 8. The molecule has 0 unspecified atom stereocenters. The molecule has 0 aliphatic carbocycles. The van der Waals surface area contributed by atoms with Crippen molar-refractivity contribution < 1.29 is 14.3 Å². The molecule has 3 rings (SSSR count). The van der Waals surface area contributed by atoms with Crippen LogP contribution in [-0.4, -0.2) is 23.2 Å². The van der Waals surface area contributed by atoms with Crippen LogP contribution in [0, 0.1) is 25.2 Å². The lowest BCUT2D eigenvalue weighted by Gasteiger charge is -2.12. The highest BCUT2D eigenvalue weighted by Crippen LogP contribution is 2.30.